The Morgan fingerprint density at radius 1 is 1.40 bits per heavy atom. The maximum atomic E-state index is 10.1. The van der Waals surface area contributed by atoms with Gasteiger partial charge in [0.15, 0.2) is 0 Å². The van der Waals surface area contributed by atoms with Crippen molar-refractivity contribution in [2.45, 2.75) is 25.6 Å². The summed E-state index contributed by atoms with van der Waals surface area (Å²) in [5.74, 6) is 0. The minimum atomic E-state index is -0.581. The topological polar surface area (TPSA) is 73.9 Å². The van der Waals surface area contributed by atoms with Crippen LogP contribution in [-0.2, 0) is 6.54 Å². The number of aliphatic hydroxyl groups is 1. The van der Waals surface area contributed by atoms with Crippen molar-refractivity contribution in [2.24, 2.45) is 0 Å². The summed E-state index contributed by atoms with van der Waals surface area (Å²) in [6.07, 6.45) is 3.08. The summed E-state index contributed by atoms with van der Waals surface area (Å²) in [7, 11) is 0. The zero-order valence-electron chi connectivity index (χ0n) is 11.4. The second-order valence-electron chi connectivity index (χ2n) is 4.79. The van der Waals surface area contributed by atoms with Crippen LogP contribution >= 0.6 is 0 Å². The first-order chi connectivity index (χ1) is 9.69. The molecule has 5 heteroatoms. The molecule has 1 aromatic heterocycles. The molecule has 0 saturated heterocycles. The van der Waals surface area contributed by atoms with Crippen molar-refractivity contribution in [3.8, 4) is 6.07 Å². The van der Waals surface area contributed by atoms with Crippen LogP contribution in [0.2, 0.25) is 0 Å². The van der Waals surface area contributed by atoms with E-state index in [2.05, 4.69) is 16.5 Å². The summed E-state index contributed by atoms with van der Waals surface area (Å²) >= 11 is 0. The van der Waals surface area contributed by atoms with Crippen molar-refractivity contribution in [1.82, 2.24) is 15.1 Å². The highest BCUT2D eigenvalue weighted by Crippen LogP contribution is 2.12. The lowest BCUT2D eigenvalue weighted by atomic mass is 10.1. The number of nitriles is 1. The lowest BCUT2D eigenvalue weighted by Gasteiger charge is -2.17. The SMILES string of the molecule is CC(Cn1cccn1)NCC(O)c1ccc(C#N)cc1. The molecule has 2 atom stereocenters. The molecule has 0 saturated carbocycles. The van der Waals surface area contributed by atoms with Crippen molar-refractivity contribution < 1.29 is 5.11 Å². The Balaban J connectivity index is 1.82. The van der Waals surface area contributed by atoms with Crippen LogP contribution in [0, 0.1) is 11.3 Å². The highest BCUT2D eigenvalue weighted by molar-refractivity contribution is 5.32. The number of hydrogen-bond donors (Lipinski definition) is 2. The molecule has 1 aromatic carbocycles. The predicted molar refractivity (Wildman–Crippen MR) is 75.8 cm³/mol. The van der Waals surface area contributed by atoms with E-state index in [9.17, 15) is 5.11 Å². The molecule has 0 aliphatic heterocycles. The van der Waals surface area contributed by atoms with Gasteiger partial charge in [-0.05, 0) is 30.7 Å². The van der Waals surface area contributed by atoms with Gasteiger partial charge in [0.05, 0.1) is 24.3 Å². The summed E-state index contributed by atoms with van der Waals surface area (Å²) in [5, 5.41) is 26.2. The van der Waals surface area contributed by atoms with Crippen molar-refractivity contribution >= 4 is 0 Å². The van der Waals surface area contributed by atoms with Crippen LogP contribution in [0.3, 0.4) is 0 Å². The average molecular weight is 270 g/mol. The number of nitrogens with one attached hydrogen (secondary N) is 1. The third-order valence-electron chi connectivity index (χ3n) is 3.10. The van der Waals surface area contributed by atoms with E-state index in [1.165, 1.54) is 0 Å². The fourth-order valence-electron chi connectivity index (χ4n) is 1.96. The van der Waals surface area contributed by atoms with Gasteiger partial charge in [-0.3, -0.25) is 4.68 Å². The van der Waals surface area contributed by atoms with Crippen molar-refractivity contribution in [3.05, 3.63) is 53.9 Å². The van der Waals surface area contributed by atoms with E-state index in [4.69, 9.17) is 5.26 Å². The Labute approximate surface area is 118 Å². The van der Waals surface area contributed by atoms with Gasteiger partial charge in [-0.1, -0.05) is 12.1 Å². The van der Waals surface area contributed by atoms with Gasteiger partial charge in [0.1, 0.15) is 0 Å². The van der Waals surface area contributed by atoms with Gasteiger partial charge in [-0.15, -0.1) is 0 Å². The van der Waals surface area contributed by atoms with Crippen LogP contribution in [-0.4, -0.2) is 27.5 Å². The predicted octanol–water partition coefficient (Wildman–Crippen LogP) is 1.47. The molecular weight excluding hydrogens is 252 g/mol. The highest BCUT2D eigenvalue weighted by Gasteiger charge is 2.10. The second kappa shape index (κ2) is 6.85. The first kappa shape index (κ1) is 14.3. The van der Waals surface area contributed by atoms with Gasteiger partial charge in [-0.25, -0.2) is 0 Å². The number of aromatic nitrogens is 2. The van der Waals surface area contributed by atoms with Crippen LogP contribution < -0.4 is 5.32 Å². The molecule has 2 N–H and O–H groups in total. The fourth-order valence-corrected chi connectivity index (χ4v) is 1.96. The Bertz CT molecular complexity index is 557. The van der Waals surface area contributed by atoms with Gasteiger partial charge < -0.3 is 10.4 Å². The molecule has 104 valence electrons. The van der Waals surface area contributed by atoms with Gasteiger partial charge in [0, 0.05) is 25.0 Å². The quantitative estimate of drug-likeness (QED) is 0.833. The third kappa shape index (κ3) is 3.92. The smallest absolute Gasteiger partial charge is 0.0991 e. The van der Waals surface area contributed by atoms with E-state index in [0.717, 1.165) is 12.1 Å². The van der Waals surface area contributed by atoms with Gasteiger partial charge in [-0.2, -0.15) is 10.4 Å². The maximum Gasteiger partial charge on any atom is 0.0991 e. The normalized spacial score (nSPS) is 13.7. The Morgan fingerprint density at radius 2 is 2.15 bits per heavy atom. The first-order valence-corrected chi connectivity index (χ1v) is 6.58. The summed E-state index contributed by atoms with van der Waals surface area (Å²) < 4.78 is 1.85. The minimum absolute atomic E-state index is 0.211. The molecule has 0 aliphatic carbocycles. The van der Waals surface area contributed by atoms with Crippen LogP contribution in [0.15, 0.2) is 42.7 Å². The largest absolute Gasteiger partial charge is 0.387 e. The van der Waals surface area contributed by atoms with E-state index >= 15 is 0 Å². The molecule has 0 radical (unpaired) electrons. The molecule has 0 bridgehead atoms. The molecular formula is C15H18N4O. The zero-order valence-corrected chi connectivity index (χ0v) is 11.4. The second-order valence-corrected chi connectivity index (χ2v) is 4.79. The molecule has 5 nitrogen and oxygen atoms in total. The molecule has 20 heavy (non-hydrogen) atoms. The molecule has 0 amide bonds. The fraction of sp³-hybridized carbons (Fsp3) is 0.333. The monoisotopic (exact) mass is 270 g/mol. The Kier molecular flexibility index (Phi) is 4.88. The first-order valence-electron chi connectivity index (χ1n) is 6.58. The Morgan fingerprint density at radius 3 is 2.75 bits per heavy atom. The van der Waals surface area contributed by atoms with E-state index in [0.29, 0.717) is 12.1 Å². The molecule has 0 spiro atoms. The number of rotatable bonds is 6. The number of benzene rings is 1. The van der Waals surface area contributed by atoms with E-state index in [1.54, 1.807) is 30.5 Å². The minimum Gasteiger partial charge on any atom is -0.387 e. The van der Waals surface area contributed by atoms with Gasteiger partial charge in [0.2, 0.25) is 0 Å². The van der Waals surface area contributed by atoms with Crippen molar-refractivity contribution in [3.63, 3.8) is 0 Å². The summed E-state index contributed by atoms with van der Waals surface area (Å²) in [5.41, 5.74) is 1.41. The molecule has 0 fully saturated rings. The molecule has 2 aromatic rings. The van der Waals surface area contributed by atoms with E-state index < -0.39 is 6.10 Å². The number of nitrogens with zero attached hydrogens (tertiary/aromatic N) is 3. The summed E-state index contributed by atoms with van der Waals surface area (Å²) in [4.78, 5) is 0. The third-order valence-corrected chi connectivity index (χ3v) is 3.10. The molecule has 2 rings (SSSR count). The standard InChI is InChI=1S/C15H18N4O/c1-12(11-19-8-2-7-18-19)17-10-15(20)14-5-3-13(9-16)4-6-14/h2-8,12,15,17,20H,10-11H2,1H3. The highest BCUT2D eigenvalue weighted by atomic mass is 16.3. The van der Waals surface area contributed by atoms with Crippen molar-refractivity contribution in [2.75, 3.05) is 6.54 Å². The lowest BCUT2D eigenvalue weighted by molar-refractivity contribution is 0.169. The van der Waals surface area contributed by atoms with Crippen LogP contribution in [0.25, 0.3) is 0 Å². The zero-order chi connectivity index (χ0) is 14.4. The maximum absolute atomic E-state index is 10.1. The van der Waals surface area contributed by atoms with Crippen LogP contribution in [0.5, 0.6) is 0 Å². The van der Waals surface area contributed by atoms with E-state index in [-0.39, 0.29) is 6.04 Å². The van der Waals surface area contributed by atoms with Gasteiger partial charge in [0.25, 0.3) is 0 Å². The summed E-state index contributed by atoms with van der Waals surface area (Å²) in [6.45, 7) is 3.27. The number of hydrogen-bond acceptors (Lipinski definition) is 4. The summed E-state index contributed by atoms with van der Waals surface area (Å²) in [6, 6.07) is 11.1. The van der Waals surface area contributed by atoms with Gasteiger partial charge >= 0.3 is 0 Å². The molecule has 2 unspecified atom stereocenters. The van der Waals surface area contributed by atoms with Crippen LogP contribution in [0.4, 0.5) is 0 Å². The number of aliphatic hydroxyl groups excluding tert-OH is 1. The van der Waals surface area contributed by atoms with Crippen LogP contribution in [0.1, 0.15) is 24.2 Å². The Hall–Kier alpha value is -2.16. The van der Waals surface area contributed by atoms with Crippen molar-refractivity contribution in [1.29, 1.82) is 5.26 Å². The van der Waals surface area contributed by atoms with E-state index in [1.807, 2.05) is 23.9 Å². The molecule has 0 aliphatic rings. The lowest BCUT2D eigenvalue weighted by Crippen LogP contribution is -2.33. The molecule has 1 heterocycles. The average Bonchev–Trinajstić information content (AvgIpc) is 2.97.